The maximum Gasteiger partial charge on any atom is -0.0101 e. The molecule has 0 fully saturated rings. The van der Waals surface area contributed by atoms with Gasteiger partial charge >= 0.3 is 0 Å². The fraction of sp³-hybridized carbons (Fsp3) is 0.500. The van der Waals surface area contributed by atoms with Crippen molar-refractivity contribution in [2.24, 2.45) is 0 Å². The minimum atomic E-state index is -0.0406. The molecule has 0 unspecified atom stereocenters. The monoisotopic (exact) mass is 386 g/mol. The van der Waals surface area contributed by atoms with E-state index < -0.39 is 0 Å². The van der Waals surface area contributed by atoms with Crippen LogP contribution in [0, 0.1) is 0 Å². The van der Waals surface area contributed by atoms with Gasteiger partial charge in [-0.2, -0.15) is 0 Å². The van der Waals surface area contributed by atoms with Crippen molar-refractivity contribution in [1.29, 1.82) is 0 Å². The van der Waals surface area contributed by atoms with Crippen LogP contribution >= 0.6 is 15.8 Å². The zero-order valence-electron chi connectivity index (χ0n) is 17.2. The van der Waals surface area contributed by atoms with E-state index in [1.165, 1.54) is 61.5 Å². The highest BCUT2D eigenvalue weighted by atomic mass is 31.1. The topological polar surface area (TPSA) is 0 Å². The summed E-state index contributed by atoms with van der Waals surface area (Å²) in [5.74, 6) is 0. The highest BCUT2D eigenvalue weighted by Crippen LogP contribution is 2.43. The second kappa shape index (κ2) is 11.9. The highest BCUT2D eigenvalue weighted by molar-refractivity contribution is 7.66. The lowest BCUT2D eigenvalue weighted by Crippen LogP contribution is -2.15. The molecule has 0 atom stereocenters. The smallest absolute Gasteiger partial charge is 0.0101 e. The lowest BCUT2D eigenvalue weighted by Gasteiger charge is -2.24. The van der Waals surface area contributed by atoms with Crippen LogP contribution < -0.4 is 10.6 Å². The van der Waals surface area contributed by atoms with Crippen molar-refractivity contribution < 1.29 is 0 Å². The molecule has 0 aromatic heterocycles. The summed E-state index contributed by atoms with van der Waals surface area (Å²) in [7, 11) is -0.0812. The minimum absolute atomic E-state index is 0.0406. The molecule has 0 heterocycles. The van der Waals surface area contributed by atoms with E-state index in [4.69, 9.17) is 0 Å². The maximum absolute atomic E-state index is 2.42. The van der Waals surface area contributed by atoms with Gasteiger partial charge in [0.05, 0.1) is 0 Å². The summed E-state index contributed by atoms with van der Waals surface area (Å²) < 4.78 is 0. The molecule has 0 radical (unpaired) electrons. The fourth-order valence-electron chi connectivity index (χ4n) is 3.74. The third-order valence-electron chi connectivity index (χ3n) is 4.75. The van der Waals surface area contributed by atoms with Crippen LogP contribution in [0.25, 0.3) is 11.1 Å². The van der Waals surface area contributed by atoms with Gasteiger partial charge in [-0.1, -0.05) is 118 Å². The van der Waals surface area contributed by atoms with Crippen molar-refractivity contribution in [1.82, 2.24) is 0 Å². The van der Waals surface area contributed by atoms with Crippen LogP contribution in [0.3, 0.4) is 0 Å². The first-order valence-corrected chi connectivity index (χ1v) is 13.9. The van der Waals surface area contributed by atoms with Crippen molar-refractivity contribution in [2.45, 2.75) is 53.4 Å². The first kappa shape index (κ1) is 21.6. The molecular weight excluding hydrogens is 350 g/mol. The Labute approximate surface area is 164 Å². The van der Waals surface area contributed by atoms with Crippen molar-refractivity contribution in [3.8, 4) is 11.1 Å². The SMILES string of the molecule is CCCP(CCC)c1ccccc1-c1ccccc1P(CCC)CCC. The Morgan fingerprint density at radius 3 is 1.12 bits per heavy atom. The summed E-state index contributed by atoms with van der Waals surface area (Å²) >= 11 is 0. The van der Waals surface area contributed by atoms with E-state index in [0.29, 0.717) is 0 Å². The first-order valence-electron chi connectivity index (χ1n) is 10.4. The fourth-order valence-corrected chi connectivity index (χ4v) is 8.97. The van der Waals surface area contributed by atoms with Gasteiger partial charge in [0.25, 0.3) is 0 Å². The van der Waals surface area contributed by atoms with Gasteiger partial charge in [0.1, 0.15) is 0 Å². The Balaban J connectivity index is 2.52. The number of hydrogen-bond donors (Lipinski definition) is 0. The van der Waals surface area contributed by atoms with Crippen molar-refractivity contribution in [2.75, 3.05) is 24.6 Å². The molecule has 0 N–H and O–H groups in total. The summed E-state index contributed by atoms with van der Waals surface area (Å²) in [6, 6.07) is 18.6. The zero-order chi connectivity index (χ0) is 18.8. The number of benzene rings is 2. The Morgan fingerprint density at radius 2 is 0.808 bits per heavy atom. The summed E-state index contributed by atoms with van der Waals surface area (Å²) in [5, 5.41) is 3.28. The Hall–Kier alpha value is -0.700. The quantitative estimate of drug-likeness (QED) is 0.358. The van der Waals surface area contributed by atoms with Crippen LogP contribution in [0.5, 0.6) is 0 Å². The van der Waals surface area contributed by atoms with Gasteiger partial charge in [0.2, 0.25) is 0 Å². The van der Waals surface area contributed by atoms with Gasteiger partial charge in [-0.15, -0.1) is 0 Å². The van der Waals surface area contributed by atoms with Gasteiger partial charge in [-0.05, 0) is 46.4 Å². The molecule has 0 amide bonds. The molecule has 0 nitrogen and oxygen atoms in total. The summed E-state index contributed by atoms with van der Waals surface area (Å²) in [5.41, 5.74) is 3.05. The molecule has 0 aliphatic carbocycles. The molecule has 0 saturated carbocycles. The predicted molar refractivity (Wildman–Crippen MR) is 126 cm³/mol. The van der Waals surface area contributed by atoms with Crippen LogP contribution in [0.1, 0.15) is 53.4 Å². The third kappa shape index (κ3) is 5.65. The lowest BCUT2D eigenvalue weighted by atomic mass is 10.1. The Bertz CT molecular complexity index is 581. The van der Waals surface area contributed by atoms with Crippen molar-refractivity contribution in [3.05, 3.63) is 48.5 Å². The third-order valence-corrected chi connectivity index (χ3v) is 10.8. The van der Waals surface area contributed by atoms with Gasteiger partial charge < -0.3 is 0 Å². The lowest BCUT2D eigenvalue weighted by molar-refractivity contribution is 1.06. The molecule has 2 rings (SSSR count). The van der Waals surface area contributed by atoms with Crippen LogP contribution in [0.15, 0.2) is 48.5 Å². The standard InChI is InChI=1S/C24H36P2/c1-5-17-25(18-6-2)23-15-11-9-13-21(23)22-14-10-12-16-24(22)26(19-7-3)20-8-4/h9-16H,5-8,17-20H2,1-4H3. The molecule has 0 aliphatic rings. The molecule has 0 spiro atoms. The molecule has 0 aliphatic heterocycles. The Morgan fingerprint density at radius 1 is 0.500 bits per heavy atom. The average molecular weight is 387 g/mol. The molecule has 2 aromatic carbocycles. The molecule has 142 valence electrons. The van der Waals surface area contributed by atoms with Crippen LogP contribution in [0.2, 0.25) is 0 Å². The van der Waals surface area contributed by atoms with E-state index in [2.05, 4.69) is 76.2 Å². The largest absolute Gasteiger partial charge is 0.0747 e. The second-order valence-electron chi connectivity index (χ2n) is 7.01. The summed E-state index contributed by atoms with van der Waals surface area (Å²) in [6.45, 7) is 9.35. The van der Waals surface area contributed by atoms with E-state index >= 15 is 0 Å². The Kier molecular flexibility index (Phi) is 9.88. The minimum Gasteiger partial charge on any atom is -0.0747 e. The van der Waals surface area contributed by atoms with Crippen LogP contribution in [-0.2, 0) is 0 Å². The van der Waals surface area contributed by atoms with Gasteiger partial charge in [-0.25, -0.2) is 0 Å². The summed E-state index contributed by atoms with van der Waals surface area (Å²) in [4.78, 5) is 0. The van der Waals surface area contributed by atoms with Gasteiger partial charge in [0.15, 0.2) is 0 Å². The van der Waals surface area contributed by atoms with Crippen LogP contribution in [-0.4, -0.2) is 24.6 Å². The molecule has 2 aromatic rings. The summed E-state index contributed by atoms with van der Waals surface area (Å²) in [6.07, 6.45) is 10.6. The van der Waals surface area contributed by atoms with Gasteiger partial charge in [0, 0.05) is 0 Å². The predicted octanol–water partition coefficient (Wildman–Crippen LogP) is 7.21. The molecule has 0 saturated heterocycles. The average Bonchev–Trinajstić information content (AvgIpc) is 2.68. The highest BCUT2D eigenvalue weighted by Gasteiger charge is 2.19. The molecule has 2 heteroatoms. The van der Waals surface area contributed by atoms with Crippen molar-refractivity contribution >= 4 is 26.5 Å². The molecular formula is C24H36P2. The second-order valence-corrected chi connectivity index (χ2v) is 11.9. The van der Waals surface area contributed by atoms with E-state index in [0.717, 1.165) is 0 Å². The number of hydrogen-bond acceptors (Lipinski definition) is 0. The van der Waals surface area contributed by atoms with E-state index in [1.807, 2.05) is 0 Å². The number of rotatable bonds is 11. The van der Waals surface area contributed by atoms with E-state index in [1.54, 1.807) is 10.6 Å². The van der Waals surface area contributed by atoms with Gasteiger partial charge in [-0.3, -0.25) is 0 Å². The molecule has 0 bridgehead atoms. The zero-order valence-corrected chi connectivity index (χ0v) is 19.0. The van der Waals surface area contributed by atoms with E-state index in [-0.39, 0.29) is 15.8 Å². The first-order chi connectivity index (χ1) is 12.8. The van der Waals surface area contributed by atoms with E-state index in [9.17, 15) is 0 Å². The van der Waals surface area contributed by atoms with Crippen molar-refractivity contribution in [3.63, 3.8) is 0 Å². The van der Waals surface area contributed by atoms with Crippen LogP contribution in [0.4, 0.5) is 0 Å². The maximum atomic E-state index is 2.42. The molecule has 26 heavy (non-hydrogen) atoms. The normalized spacial score (nSPS) is 11.5.